The van der Waals surface area contributed by atoms with E-state index in [-0.39, 0.29) is 11.3 Å². The molecule has 1 unspecified atom stereocenters. The third-order valence-corrected chi connectivity index (χ3v) is 5.71. The molecule has 0 fully saturated rings. The molecule has 31 heavy (non-hydrogen) atoms. The molecule has 0 spiro atoms. The summed E-state index contributed by atoms with van der Waals surface area (Å²) in [6, 6.07) is 23.9. The maximum atomic E-state index is 13.5. The highest BCUT2D eigenvalue weighted by molar-refractivity contribution is 7.78. The first kappa shape index (κ1) is 21.2. The van der Waals surface area contributed by atoms with Crippen molar-refractivity contribution in [2.45, 2.75) is 12.2 Å². The second-order valence-electron chi connectivity index (χ2n) is 7.04. The molecule has 0 bridgehead atoms. The van der Waals surface area contributed by atoms with Crippen LogP contribution < -0.4 is 5.56 Å². The maximum absolute atomic E-state index is 13.5. The highest BCUT2D eigenvalue weighted by atomic mass is 35.5. The van der Waals surface area contributed by atoms with Gasteiger partial charge in [-0.1, -0.05) is 83.3 Å². The third kappa shape index (κ3) is 4.99. The number of hydrogen-bond donors (Lipinski definition) is 0. The van der Waals surface area contributed by atoms with Crippen molar-refractivity contribution in [1.29, 1.82) is 0 Å². The molecule has 5 nitrogen and oxygen atoms in total. The van der Waals surface area contributed by atoms with Crippen LogP contribution in [0.4, 0.5) is 0 Å². The highest BCUT2D eigenvalue weighted by Crippen LogP contribution is 2.24. The first-order valence-corrected chi connectivity index (χ1v) is 11.2. The fraction of sp³-hybridized carbons (Fsp3) is 0.0833. The smallest absolute Gasteiger partial charge is 0.275 e. The Labute approximate surface area is 187 Å². The van der Waals surface area contributed by atoms with Gasteiger partial charge >= 0.3 is 0 Å². The molecule has 1 aromatic heterocycles. The van der Waals surface area contributed by atoms with E-state index < -0.39 is 11.1 Å². The van der Waals surface area contributed by atoms with Crippen molar-refractivity contribution in [2.24, 2.45) is 0 Å². The first-order valence-electron chi connectivity index (χ1n) is 9.57. The van der Waals surface area contributed by atoms with Gasteiger partial charge in [0, 0.05) is 28.3 Å². The predicted octanol–water partition coefficient (Wildman–Crippen LogP) is 4.52. The summed E-state index contributed by atoms with van der Waals surface area (Å²) in [6.45, 7) is 0. The van der Waals surface area contributed by atoms with Crippen LogP contribution in [-0.4, -0.2) is 18.5 Å². The zero-order valence-corrected chi connectivity index (χ0v) is 18.0. The maximum Gasteiger partial charge on any atom is 0.275 e. The molecule has 0 saturated heterocycles. The van der Waals surface area contributed by atoms with Gasteiger partial charge in [0.05, 0.1) is 11.9 Å². The number of hydrogen-bond acceptors (Lipinski definition) is 4. The van der Waals surface area contributed by atoms with Crippen LogP contribution in [0.1, 0.15) is 16.7 Å². The van der Waals surface area contributed by atoms with E-state index in [1.807, 2.05) is 42.5 Å². The van der Waals surface area contributed by atoms with E-state index in [2.05, 4.69) is 5.10 Å². The van der Waals surface area contributed by atoms with Crippen molar-refractivity contribution in [3.63, 3.8) is 0 Å². The molecule has 1 atom stereocenters. The summed E-state index contributed by atoms with van der Waals surface area (Å²) in [6.07, 6.45) is 2.10. The third-order valence-electron chi connectivity index (χ3n) is 4.90. The molecule has 0 aliphatic rings. The zero-order chi connectivity index (χ0) is 21.8. The molecule has 4 aromatic rings. The molecule has 0 N–H and O–H groups in total. The van der Waals surface area contributed by atoms with Crippen LogP contribution in [0.3, 0.4) is 0 Å². The Hall–Kier alpha value is -3.06. The molecule has 156 valence electrons. The van der Waals surface area contributed by atoms with Gasteiger partial charge in [-0.3, -0.25) is 9.00 Å². The Morgan fingerprint density at radius 3 is 2.35 bits per heavy atom. The van der Waals surface area contributed by atoms with Crippen molar-refractivity contribution in [1.82, 2.24) is 9.78 Å². The summed E-state index contributed by atoms with van der Waals surface area (Å²) in [5.41, 5.74) is 4.16. The topological polar surface area (TPSA) is 75.0 Å². The molecular weight excluding hydrogens is 432 g/mol. The van der Waals surface area contributed by atoms with Gasteiger partial charge in [0.1, 0.15) is 0 Å². The predicted molar refractivity (Wildman–Crippen MR) is 122 cm³/mol. The van der Waals surface area contributed by atoms with Crippen molar-refractivity contribution < 1.29 is 8.76 Å². The van der Waals surface area contributed by atoms with Crippen molar-refractivity contribution in [3.8, 4) is 16.8 Å². The molecule has 1 heterocycles. The van der Waals surface area contributed by atoms with Gasteiger partial charge in [-0.15, -0.1) is 0 Å². The van der Waals surface area contributed by atoms with Crippen molar-refractivity contribution in [2.75, 3.05) is 0 Å². The molecule has 0 aliphatic carbocycles. The number of halogens is 1. The van der Waals surface area contributed by atoms with E-state index >= 15 is 0 Å². The molecule has 0 amide bonds. The monoisotopic (exact) mass is 449 g/mol. The van der Waals surface area contributed by atoms with Gasteiger partial charge in [-0.05, 0) is 34.9 Å². The molecular formula is C24H18ClN2O3S-. The molecule has 0 saturated carbocycles. The SMILES string of the molecule is O=c1c(Cc2ccccc2)c(-c2ccc(CS(=O)[O-])cc2)cnn1-c1cccc(Cl)c1. The van der Waals surface area contributed by atoms with Gasteiger partial charge in [-0.2, -0.15) is 9.78 Å². The van der Waals surface area contributed by atoms with E-state index in [9.17, 15) is 13.6 Å². The Kier molecular flexibility index (Phi) is 6.42. The van der Waals surface area contributed by atoms with Crippen LogP contribution in [0.15, 0.2) is 89.9 Å². The number of rotatable bonds is 6. The lowest BCUT2D eigenvalue weighted by Gasteiger charge is -2.13. The fourth-order valence-electron chi connectivity index (χ4n) is 3.42. The number of benzene rings is 3. The molecule has 7 heteroatoms. The second kappa shape index (κ2) is 9.39. The summed E-state index contributed by atoms with van der Waals surface area (Å²) in [5, 5.41) is 4.91. The van der Waals surface area contributed by atoms with Crippen LogP contribution in [0.2, 0.25) is 5.02 Å². The van der Waals surface area contributed by atoms with Gasteiger partial charge in [-0.25, -0.2) is 0 Å². The standard InChI is InChI=1S/C24H19ClN2O3S/c25-20-7-4-8-21(14-20)27-24(28)22(13-17-5-2-1-3-6-17)23(15-26-27)19-11-9-18(10-12-19)16-31(29)30/h1-12,14-15H,13,16H2,(H,29,30)/p-1. The number of aromatic nitrogens is 2. The minimum atomic E-state index is -2.15. The van der Waals surface area contributed by atoms with E-state index in [4.69, 9.17) is 11.6 Å². The second-order valence-corrected chi connectivity index (χ2v) is 8.37. The minimum Gasteiger partial charge on any atom is -0.772 e. The van der Waals surface area contributed by atoms with Crippen LogP contribution in [0, 0.1) is 0 Å². The molecule has 0 aliphatic heterocycles. The van der Waals surface area contributed by atoms with Gasteiger partial charge in [0.15, 0.2) is 0 Å². The largest absolute Gasteiger partial charge is 0.772 e. The van der Waals surface area contributed by atoms with E-state index in [0.717, 1.165) is 11.1 Å². The van der Waals surface area contributed by atoms with Gasteiger partial charge in [0.2, 0.25) is 0 Å². The summed E-state index contributed by atoms with van der Waals surface area (Å²) >= 11 is 3.95. The lowest BCUT2D eigenvalue weighted by molar-refractivity contribution is 0.536. The quantitative estimate of drug-likeness (QED) is 0.405. The summed E-state index contributed by atoms with van der Waals surface area (Å²) in [4.78, 5) is 13.5. The first-order chi connectivity index (χ1) is 15.0. The minimum absolute atomic E-state index is 0.0498. The Balaban J connectivity index is 1.83. The van der Waals surface area contributed by atoms with Gasteiger partial charge < -0.3 is 4.55 Å². The van der Waals surface area contributed by atoms with Crippen molar-refractivity contribution >= 4 is 22.7 Å². The average Bonchev–Trinajstić information content (AvgIpc) is 2.76. The average molecular weight is 450 g/mol. The Morgan fingerprint density at radius 1 is 0.935 bits per heavy atom. The fourth-order valence-corrected chi connectivity index (χ4v) is 4.07. The van der Waals surface area contributed by atoms with Crippen LogP contribution in [0.25, 0.3) is 16.8 Å². The van der Waals surface area contributed by atoms with Crippen molar-refractivity contribution in [3.05, 3.63) is 117 Å². The van der Waals surface area contributed by atoms with Crippen LogP contribution in [0.5, 0.6) is 0 Å². The molecule has 4 rings (SSSR count). The summed E-state index contributed by atoms with van der Waals surface area (Å²) in [5.74, 6) is -0.0498. The van der Waals surface area contributed by atoms with Crippen LogP contribution in [-0.2, 0) is 23.3 Å². The van der Waals surface area contributed by atoms with E-state index in [0.29, 0.717) is 33.8 Å². The zero-order valence-electron chi connectivity index (χ0n) is 16.4. The summed E-state index contributed by atoms with van der Waals surface area (Å²) in [7, 11) is 0. The highest BCUT2D eigenvalue weighted by Gasteiger charge is 2.15. The lowest BCUT2D eigenvalue weighted by atomic mass is 9.97. The molecule has 0 radical (unpaired) electrons. The number of nitrogens with zero attached hydrogens (tertiary/aromatic N) is 2. The molecule has 3 aromatic carbocycles. The summed E-state index contributed by atoms with van der Waals surface area (Å²) < 4.78 is 23.3. The lowest BCUT2D eigenvalue weighted by Crippen LogP contribution is -2.25. The van der Waals surface area contributed by atoms with Gasteiger partial charge in [0.25, 0.3) is 5.56 Å². The van der Waals surface area contributed by atoms with Crippen LogP contribution >= 0.6 is 11.6 Å². The normalized spacial score (nSPS) is 11.9. The van der Waals surface area contributed by atoms with E-state index in [1.54, 1.807) is 42.6 Å². The Bertz CT molecular complexity index is 1290. The van der Waals surface area contributed by atoms with E-state index in [1.165, 1.54) is 4.68 Å². The Morgan fingerprint density at radius 2 is 1.68 bits per heavy atom.